The van der Waals surface area contributed by atoms with Crippen LogP contribution in [-0.4, -0.2) is 40.7 Å². The predicted octanol–water partition coefficient (Wildman–Crippen LogP) is 4.17. The minimum Gasteiger partial charge on any atom is -0.449 e. The average Bonchev–Trinajstić information content (AvgIpc) is 3.14. The van der Waals surface area contributed by atoms with Crippen LogP contribution in [0, 0.1) is 0 Å². The predicted molar refractivity (Wildman–Crippen MR) is 106 cm³/mol. The minimum atomic E-state index is -0.938. The van der Waals surface area contributed by atoms with E-state index in [2.05, 4.69) is 0 Å². The molecule has 1 aromatic carbocycles. The molecule has 0 N–H and O–H groups in total. The molecule has 144 valence electrons. The van der Waals surface area contributed by atoms with E-state index in [1.165, 1.54) is 11.3 Å². The van der Waals surface area contributed by atoms with Crippen LogP contribution in [0.5, 0.6) is 0 Å². The molecular formula is C21H25NO4S. The van der Waals surface area contributed by atoms with Gasteiger partial charge in [-0.15, -0.1) is 11.3 Å². The van der Waals surface area contributed by atoms with Gasteiger partial charge in [-0.2, -0.15) is 0 Å². The molecule has 0 aliphatic heterocycles. The Kier molecular flexibility index (Phi) is 6.91. The van der Waals surface area contributed by atoms with Crippen molar-refractivity contribution in [3.63, 3.8) is 0 Å². The monoisotopic (exact) mass is 387 g/mol. The van der Waals surface area contributed by atoms with Crippen molar-refractivity contribution >= 4 is 29.0 Å². The number of thiophene rings is 1. The van der Waals surface area contributed by atoms with Crippen LogP contribution >= 0.6 is 11.3 Å². The Morgan fingerprint density at radius 2 is 1.48 bits per heavy atom. The third kappa shape index (κ3) is 4.83. The van der Waals surface area contributed by atoms with Gasteiger partial charge in [-0.25, -0.2) is 4.79 Å². The van der Waals surface area contributed by atoms with E-state index in [-0.39, 0.29) is 34.9 Å². The summed E-state index contributed by atoms with van der Waals surface area (Å²) in [7, 11) is 0. The molecule has 0 saturated heterocycles. The highest BCUT2D eigenvalue weighted by molar-refractivity contribution is 7.12. The molecule has 1 atom stereocenters. The van der Waals surface area contributed by atoms with Gasteiger partial charge >= 0.3 is 5.97 Å². The normalized spacial score (nSPS) is 12.1. The zero-order valence-electron chi connectivity index (χ0n) is 16.3. The Balaban J connectivity index is 2.21. The molecule has 0 saturated carbocycles. The maximum atomic E-state index is 12.7. The second-order valence-electron chi connectivity index (χ2n) is 6.83. The third-order valence-corrected chi connectivity index (χ3v) is 5.00. The number of ketones is 1. The van der Waals surface area contributed by atoms with E-state index in [1.54, 1.807) is 53.6 Å². The Morgan fingerprint density at radius 1 is 0.889 bits per heavy atom. The first-order valence-electron chi connectivity index (χ1n) is 8.94. The fourth-order valence-electron chi connectivity index (χ4n) is 2.99. The van der Waals surface area contributed by atoms with Gasteiger partial charge in [-0.1, -0.05) is 24.3 Å². The van der Waals surface area contributed by atoms with Crippen LogP contribution in [0.4, 0.5) is 0 Å². The Labute approximate surface area is 164 Å². The summed E-state index contributed by atoms with van der Waals surface area (Å²) in [5, 5.41) is 1.81. The van der Waals surface area contributed by atoms with Crippen LogP contribution in [-0.2, 0) is 9.53 Å². The number of carbonyl (C=O) groups excluding carboxylic acids is 3. The molecule has 1 unspecified atom stereocenters. The second-order valence-corrected chi connectivity index (χ2v) is 7.78. The molecule has 27 heavy (non-hydrogen) atoms. The van der Waals surface area contributed by atoms with Gasteiger partial charge < -0.3 is 9.64 Å². The van der Waals surface area contributed by atoms with Gasteiger partial charge in [0.25, 0.3) is 5.91 Å². The van der Waals surface area contributed by atoms with Gasteiger partial charge in [-0.05, 0) is 52.1 Å². The number of nitrogens with zero attached hydrogens (tertiary/aromatic N) is 1. The molecule has 0 fully saturated rings. The molecule has 5 nitrogen and oxygen atoms in total. The van der Waals surface area contributed by atoms with Crippen LogP contribution in [0.3, 0.4) is 0 Å². The third-order valence-electron chi connectivity index (χ3n) is 4.14. The maximum Gasteiger partial charge on any atom is 0.339 e. The number of rotatable bonds is 7. The van der Waals surface area contributed by atoms with Crippen molar-refractivity contribution < 1.29 is 19.1 Å². The summed E-state index contributed by atoms with van der Waals surface area (Å²) in [6.07, 6.45) is -0.938. The lowest BCUT2D eigenvalue weighted by atomic mass is 10.0. The Morgan fingerprint density at radius 3 is 2.00 bits per heavy atom. The van der Waals surface area contributed by atoms with Gasteiger partial charge in [-0.3, -0.25) is 9.59 Å². The standard InChI is InChI=1S/C21H25NO4S/c1-13(2)22(14(3)4)20(24)15(5)26-21(25)17-10-7-6-9-16(17)19(23)18-11-8-12-27-18/h6-15H,1-5H3. The molecule has 2 aromatic rings. The zero-order chi connectivity index (χ0) is 20.1. The summed E-state index contributed by atoms with van der Waals surface area (Å²) in [5.41, 5.74) is 0.436. The summed E-state index contributed by atoms with van der Waals surface area (Å²) >= 11 is 1.31. The highest BCUT2D eigenvalue weighted by Crippen LogP contribution is 2.20. The number of hydrogen-bond donors (Lipinski definition) is 0. The molecule has 2 rings (SSSR count). The van der Waals surface area contributed by atoms with Crippen molar-refractivity contribution in [1.82, 2.24) is 4.90 Å². The van der Waals surface area contributed by atoms with Gasteiger partial charge in [0.05, 0.1) is 10.4 Å². The van der Waals surface area contributed by atoms with Crippen molar-refractivity contribution in [3.05, 3.63) is 57.8 Å². The largest absolute Gasteiger partial charge is 0.449 e. The molecule has 6 heteroatoms. The summed E-state index contributed by atoms with van der Waals surface area (Å²) in [6.45, 7) is 9.23. The number of ether oxygens (including phenoxy) is 1. The maximum absolute atomic E-state index is 12.7. The Bertz CT molecular complexity index is 803. The molecule has 1 aromatic heterocycles. The van der Waals surface area contributed by atoms with Crippen molar-refractivity contribution in [2.45, 2.75) is 52.8 Å². The van der Waals surface area contributed by atoms with Crippen LogP contribution in [0.2, 0.25) is 0 Å². The molecule has 0 aliphatic carbocycles. The van der Waals surface area contributed by atoms with E-state index in [0.29, 0.717) is 4.88 Å². The fourth-order valence-corrected chi connectivity index (χ4v) is 3.67. The lowest BCUT2D eigenvalue weighted by molar-refractivity contribution is -0.143. The molecule has 0 spiro atoms. The average molecular weight is 388 g/mol. The highest BCUT2D eigenvalue weighted by atomic mass is 32.1. The van der Waals surface area contributed by atoms with E-state index < -0.39 is 12.1 Å². The van der Waals surface area contributed by atoms with Crippen LogP contribution in [0.25, 0.3) is 0 Å². The van der Waals surface area contributed by atoms with Crippen LogP contribution < -0.4 is 0 Å². The number of esters is 1. The van der Waals surface area contributed by atoms with Gasteiger partial charge in [0, 0.05) is 17.6 Å². The second kappa shape index (κ2) is 8.95. The zero-order valence-corrected chi connectivity index (χ0v) is 17.1. The first kappa shape index (κ1) is 20.8. The highest BCUT2D eigenvalue weighted by Gasteiger charge is 2.29. The summed E-state index contributed by atoms with van der Waals surface area (Å²) < 4.78 is 5.41. The Hall–Kier alpha value is -2.47. The quantitative estimate of drug-likeness (QED) is 0.528. The molecule has 1 heterocycles. The topological polar surface area (TPSA) is 63.7 Å². The van der Waals surface area contributed by atoms with E-state index in [9.17, 15) is 14.4 Å². The number of amides is 1. The number of benzene rings is 1. The molecule has 0 radical (unpaired) electrons. The van der Waals surface area contributed by atoms with Gasteiger partial charge in [0.15, 0.2) is 6.10 Å². The SMILES string of the molecule is CC(OC(=O)c1ccccc1C(=O)c1cccs1)C(=O)N(C(C)C)C(C)C. The van der Waals surface area contributed by atoms with Crippen molar-refractivity contribution in [1.29, 1.82) is 0 Å². The molecule has 1 amide bonds. The first-order chi connectivity index (χ1) is 12.7. The van der Waals surface area contributed by atoms with E-state index in [4.69, 9.17) is 4.74 Å². The van der Waals surface area contributed by atoms with Crippen molar-refractivity contribution in [2.24, 2.45) is 0 Å². The summed E-state index contributed by atoms with van der Waals surface area (Å²) in [4.78, 5) is 40.3. The minimum absolute atomic E-state index is 0.00801. The van der Waals surface area contributed by atoms with E-state index in [1.807, 2.05) is 27.7 Å². The lowest BCUT2D eigenvalue weighted by Crippen LogP contribution is -2.47. The lowest BCUT2D eigenvalue weighted by Gasteiger charge is -2.32. The smallest absolute Gasteiger partial charge is 0.339 e. The van der Waals surface area contributed by atoms with Gasteiger partial charge in [0.1, 0.15) is 0 Å². The summed E-state index contributed by atoms with van der Waals surface area (Å²) in [6, 6.07) is 9.99. The molecular weight excluding hydrogens is 362 g/mol. The van der Waals surface area contributed by atoms with E-state index >= 15 is 0 Å². The van der Waals surface area contributed by atoms with Crippen LogP contribution in [0.1, 0.15) is 60.2 Å². The molecule has 0 aliphatic rings. The van der Waals surface area contributed by atoms with Crippen molar-refractivity contribution in [3.8, 4) is 0 Å². The van der Waals surface area contributed by atoms with Gasteiger partial charge in [0.2, 0.25) is 5.78 Å². The number of carbonyl (C=O) groups is 3. The molecule has 0 bridgehead atoms. The van der Waals surface area contributed by atoms with Crippen LogP contribution in [0.15, 0.2) is 41.8 Å². The van der Waals surface area contributed by atoms with Crippen molar-refractivity contribution in [2.75, 3.05) is 0 Å². The fraction of sp³-hybridized carbons (Fsp3) is 0.381. The summed E-state index contributed by atoms with van der Waals surface area (Å²) in [5.74, 6) is -1.17. The number of hydrogen-bond acceptors (Lipinski definition) is 5. The van der Waals surface area contributed by atoms with E-state index in [0.717, 1.165) is 0 Å². The first-order valence-corrected chi connectivity index (χ1v) is 9.82.